The smallest absolute Gasteiger partial charge is 0.308 e. The van der Waals surface area contributed by atoms with Crippen molar-refractivity contribution >= 4 is 11.7 Å². The molecule has 104 valence electrons. The quantitative estimate of drug-likeness (QED) is 0.235. The lowest BCUT2D eigenvalue weighted by Gasteiger charge is -2.16. The standard InChI is InChI=1S/C10H12N2O7/c1-19-9(14)4-8(13)10(15)6-5-11(16)3-2-7(6)12(17)18/h2-3,5,8,10,13,15H,4H2,1H3. The molecule has 0 aliphatic carbocycles. The number of hydrogen-bond donors (Lipinski definition) is 2. The van der Waals surface area contributed by atoms with Gasteiger partial charge in [0, 0.05) is 0 Å². The van der Waals surface area contributed by atoms with Crippen molar-refractivity contribution in [1.82, 2.24) is 0 Å². The van der Waals surface area contributed by atoms with E-state index in [1.54, 1.807) is 0 Å². The number of esters is 1. The van der Waals surface area contributed by atoms with E-state index in [1.807, 2.05) is 0 Å². The summed E-state index contributed by atoms with van der Waals surface area (Å²) in [7, 11) is 1.10. The Morgan fingerprint density at radius 3 is 2.74 bits per heavy atom. The molecule has 1 rings (SSSR count). The van der Waals surface area contributed by atoms with Crippen molar-refractivity contribution < 1.29 is 29.4 Å². The molecule has 0 amide bonds. The maximum Gasteiger partial charge on any atom is 0.308 e. The van der Waals surface area contributed by atoms with E-state index < -0.39 is 35.2 Å². The lowest BCUT2D eigenvalue weighted by molar-refractivity contribution is -0.606. The summed E-state index contributed by atoms with van der Waals surface area (Å²) in [4.78, 5) is 20.9. The van der Waals surface area contributed by atoms with Crippen LogP contribution in [0.25, 0.3) is 0 Å². The molecule has 0 fully saturated rings. The molecule has 0 radical (unpaired) electrons. The van der Waals surface area contributed by atoms with E-state index in [4.69, 9.17) is 0 Å². The van der Waals surface area contributed by atoms with Crippen molar-refractivity contribution in [2.24, 2.45) is 0 Å². The highest BCUT2D eigenvalue weighted by molar-refractivity contribution is 5.69. The molecule has 0 saturated carbocycles. The Hall–Kier alpha value is -2.26. The van der Waals surface area contributed by atoms with Gasteiger partial charge >= 0.3 is 5.97 Å². The van der Waals surface area contributed by atoms with E-state index in [1.165, 1.54) is 0 Å². The monoisotopic (exact) mass is 272 g/mol. The number of aromatic nitrogens is 1. The van der Waals surface area contributed by atoms with E-state index in [0.29, 0.717) is 0 Å². The van der Waals surface area contributed by atoms with Crippen molar-refractivity contribution in [2.45, 2.75) is 18.6 Å². The number of ether oxygens (including phenoxy) is 1. The second kappa shape index (κ2) is 6.07. The summed E-state index contributed by atoms with van der Waals surface area (Å²) in [5.74, 6) is -0.792. The predicted molar refractivity (Wildman–Crippen MR) is 59.7 cm³/mol. The highest BCUT2D eigenvalue weighted by Crippen LogP contribution is 2.26. The summed E-state index contributed by atoms with van der Waals surface area (Å²) < 4.78 is 4.54. The third-order valence-electron chi connectivity index (χ3n) is 2.42. The zero-order valence-electron chi connectivity index (χ0n) is 9.92. The van der Waals surface area contributed by atoms with Crippen LogP contribution in [-0.2, 0) is 9.53 Å². The molecule has 0 bridgehead atoms. The van der Waals surface area contributed by atoms with Crippen LogP contribution in [0, 0.1) is 15.3 Å². The fraction of sp³-hybridized carbons (Fsp3) is 0.400. The molecule has 9 heteroatoms. The third kappa shape index (κ3) is 3.60. The summed E-state index contributed by atoms with van der Waals surface area (Å²) in [5, 5.41) is 41.2. The van der Waals surface area contributed by atoms with Gasteiger partial charge in [0.1, 0.15) is 11.7 Å². The number of pyridine rings is 1. The zero-order chi connectivity index (χ0) is 14.6. The van der Waals surface area contributed by atoms with Crippen molar-refractivity contribution in [2.75, 3.05) is 7.11 Å². The minimum atomic E-state index is -1.75. The number of methoxy groups -OCH3 is 1. The van der Waals surface area contributed by atoms with Gasteiger partial charge < -0.3 is 20.2 Å². The number of nitro groups is 1. The number of aliphatic hydroxyl groups excluding tert-OH is 2. The molecule has 9 nitrogen and oxygen atoms in total. The van der Waals surface area contributed by atoms with E-state index >= 15 is 0 Å². The fourth-order valence-corrected chi connectivity index (χ4v) is 1.45. The molecule has 2 N–H and O–H groups in total. The molecule has 1 heterocycles. The van der Waals surface area contributed by atoms with Crippen LogP contribution in [0.15, 0.2) is 18.5 Å². The summed E-state index contributed by atoms with van der Waals surface area (Å²) in [6.07, 6.45) is -2.26. The number of rotatable bonds is 5. The lowest BCUT2D eigenvalue weighted by atomic mass is 10.0. The first-order chi connectivity index (χ1) is 8.86. The van der Waals surface area contributed by atoms with Gasteiger partial charge in [0.25, 0.3) is 5.69 Å². The Morgan fingerprint density at radius 2 is 2.21 bits per heavy atom. The number of carbonyl (C=O) groups excluding carboxylic acids is 1. The highest BCUT2D eigenvalue weighted by Gasteiger charge is 2.30. The number of hydrogen-bond acceptors (Lipinski definition) is 7. The van der Waals surface area contributed by atoms with Crippen LogP contribution >= 0.6 is 0 Å². The Bertz CT molecular complexity index is 491. The Labute approximate surface area is 107 Å². The van der Waals surface area contributed by atoms with Crippen LogP contribution in [0.2, 0.25) is 0 Å². The van der Waals surface area contributed by atoms with Crippen LogP contribution in [0.3, 0.4) is 0 Å². The maximum atomic E-state index is 11.1. The summed E-state index contributed by atoms with van der Waals surface area (Å²) in [6, 6.07) is 0.899. The van der Waals surface area contributed by atoms with Crippen LogP contribution in [0.4, 0.5) is 5.69 Å². The largest absolute Gasteiger partial charge is 0.619 e. The predicted octanol–water partition coefficient (Wildman–Crippen LogP) is -0.814. The molecule has 1 aromatic heterocycles. The van der Waals surface area contributed by atoms with Crippen LogP contribution in [0.5, 0.6) is 0 Å². The highest BCUT2D eigenvalue weighted by atomic mass is 16.6. The van der Waals surface area contributed by atoms with Gasteiger partial charge in [-0.05, 0) is 0 Å². The van der Waals surface area contributed by atoms with Gasteiger partial charge in [-0.25, -0.2) is 0 Å². The molecule has 0 aromatic carbocycles. The number of carbonyl (C=O) groups is 1. The van der Waals surface area contributed by atoms with Crippen LogP contribution in [0.1, 0.15) is 18.1 Å². The van der Waals surface area contributed by atoms with Crippen molar-refractivity contribution in [1.29, 1.82) is 0 Å². The summed E-state index contributed by atoms with van der Waals surface area (Å²) >= 11 is 0. The van der Waals surface area contributed by atoms with Crippen molar-refractivity contribution in [3.63, 3.8) is 0 Å². The molecule has 0 saturated heterocycles. The van der Waals surface area contributed by atoms with Gasteiger partial charge in [0.2, 0.25) is 0 Å². The molecule has 0 aliphatic rings. The Balaban J connectivity index is 3.03. The normalized spacial score (nSPS) is 13.6. The van der Waals surface area contributed by atoms with Crippen LogP contribution < -0.4 is 4.73 Å². The van der Waals surface area contributed by atoms with E-state index in [9.17, 15) is 30.3 Å². The lowest BCUT2D eigenvalue weighted by Crippen LogP contribution is -2.29. The first kappa shape index (κ1) is 14.8. The molecular formula is C10H12N2O7. The fourth-order valence-electron chi connectivity index (χ4n) is 1.45. The maximum absolute atomic E-state index is 11.1. The minimum Gasteiger partial charge on any atom is -0.619 e. The second-order valence-corrected chi connectivity index (χ2v) is 3.69. The average molecular weight is 272 g/mol. The third-order valence-corrected chi connectivity index (χ3v) is 2.42. The van der Waals surface area contributed by atoms with Crippen molar-refractivity contribution in [3.8, 4) is 0 Å². The average Bonchev–Trinajstić information content (AvgIpc) is 2.36. The van der Waals surface area contributed by atoms with Gasteiger partial charge in [-0.2, -0.15) is 4.73 Å². The number of aliphatic hydroxyl groups is 2. The molecule has 2 atom stereocenters. The minimum absolute atomic E-state index is 0.246. The Kier molecular flexibility index (Phi) is 4.73. The topological polar surface area (TPSA) is 137 Å². The Morgan fingerprint density at radius 1 is 1.58 bits per heavy atom. The van der Waals surface area contributed by atoms with Gasteiger partial charge in [0.05, 0.1) is 30.6 Å². The first-order valence-corrected chi connectivity index (χ1v) is 5.17. The van der Waals surface area contributed by atoms with Gasteiger partial charge in [0.15, 0.2) is 12.4 Å². The van der Waals surface area contributed by atoms with Gasteiger partial charge in [-0.15, -0.1) is 0 Å². The van der Waals surface area contributed by atoms with Gasteiger partial charge in [-0.1, -0.05) is 0 Å². The SMILES string of the molecule is COC(=O)CC(O)C(O)c1c[n+]([O-])ccc1[N+](=O)[O-]. The van der Waals surface area contributed by atoms with Gasteiger partial charge in [-0.3, -0.25) is 14.9 Å². The van der Waals surface area contributed by atoms with Crippen LogP contribution in [-0.4, -0.2) is 34.3 Å². The summed E-state index contributed by atoms with van der Waals surface area (Å²) in [6.45, 7) is 0. The molecular weight excluding hydrogens is 260 g/mol. The second-order valence-electron chi connectivity index (χ2n) is 3.69. The van der Waals surface area contributed by atoms with E-state index in [-0.39, 0.29) is 10.3 Å². The van der Waals surface area contributed by atoms with E-state index in [2.05, 4.69) is 4.74 Å². The zero-order valence-corrected chi connectivity index (χ0v) is 9.92. The summed E-state index contributed by atoms with van der Waals surface area (Å²) in [5.41, 5.74) is -0.901. The molecule has 1 aromatic rings. The van der Waals surface area contributed by atoms with Crippen molar-refractivity contribution in [3.05, 3.63) is 39.3 Å². The molecule has 0 aliphatic heterocycles. The number of nitrogens with zero attached hydrogens (tertiary/aromatic N) is 2. The molecule has 0 spiro atoms. The van der Waals surface area contributed by atoms with E-state index in [0.717, 1.165) is 25.6 Å². The first-order valence-electron chi connectivity index (χ1n) is 5.17. The molecule has 2 unspecified atom stereocenters. The molecule has 19 heavy (non-hydrogen) atoms.